The molecule has 0 spiro atoms. The second-order valence-corrected chi connectivity index (χ2v) is 8.17. The number of aryl methyl sites for hydroxylation is 1. The zero-order valence-corrected chi connectivity index (χ0v) is 22.6. The Balaban J connectivity index is 0. The molecule has 1 atom stereocenters. The summed E-state index contributed by atoms with van der Waals surface area (Å²) < 4.78 is 5.73. The first-order valence-corrected chi connectivity index (χ1v) is 12.1. The van der Waals surface area contributed by atoms with Crippen LogP contribution in [0.1, 0.15) is 78.0 Å². The Hall–Kier alpha value is -1.95. The summed E-state index contributed by atoms with van der Waals surface area (Å²) in [5.41, 5.74) is 3.02. The lowest BCUT2D eigenvalue weighted by atomic mass is 9.96. The number of halogens is 2. The number of rotatable bonds is 6. The van der Waals surface area contributed by atoms with Gasteiger partial charge in [-0.15, -0.1) is 0 Å². The van der Waals surface area contributed by atoms with Crippen LogP contribution >= 0.6 is 23.2 Å². The first kappa shape index (κ1) is 32.2. The lowest BCUT2D eigenvalue weighted by Crippen LogP contribution is -2.00. The van der Waals surface area contributed by atoms with Crippen molar-refractivity contribution in [2.24, 2.45) is 11.8 Å². The lowest BCUT2D eigenvalue weighted by Gasteiger charge is -2.11. The highest BCUT2D eigenvalue weighted by molar-refractivity contribution is 6.35. The van der Waals surface area contributed by atoms with Crippen LogP contribution in [0.15, 0.2) is 43.0 Å². The van der Waals surface area contributed by atoms with Crippen LogP contribution in [0.4, 0.5) is 0 Å². The Morgan fingerprint density at radius 1 is 1.06 bits per heavy atom. The molecule has 0 aliphatic rings. The first-order chi connectivity index (χ1) is 15.2. The summed E-state index contributed by atoms with van der Waals surface area (Å²) in [5.74, 6) is 2.54. The number of nitriles is 1. The maximum atomic E-state index is 7.62. The van der Waals surface area contributed by atoms with Gasteiger partial charge in [-0.05, 0) is 54.2 Å². The van der Waals surface area contributed by atoms with Gasteiger partial charge in [0.05, 0.1) is 6.07 Å². The Bertz CT molecular complexity index is 789. The summed E-state index contributed by atoms with van der Waals surface area (Å²) in [7, 11) is 0. The van der Waals surface area contributed by atoms with Gasteiger partial charge in [0.15, 0.2) is 0 Å². The molecule has 0 radical (unpaired) electrons. The molecule has 178 valence electrons. The maximum absolute atomic E-state index is 7.62. The standard InChI is InChI=1S/C16H14Cl2O.C7H16.C3H5N.C2H6/c1-3-12-9-13(8-7-11(12)2)19-10-14-15(17)5-4-6-16(14)18;1-5-7(4)6(2)3;1-2-3-4;1-2/h3-9H,1,10H2,2H3;6-7H,5H2,1-4H3;2H2,1H3;1-2H3. The van der Waals surface area contributed by atoms with E-state index < -0.39 is 0 Å². The van der Waals surface area contributed by atoms with Gasteiger partial charge < -0.3 is 4.74 Å². The Kier molecular flexibility index (Phi) is 19.9. The van der Waals surface area contributed by atoms with E-state index in [2.05, 4.69) is 34.3 Å². The minimum atomic E-state index is 0.345. The smallest absolute Gasteiger partial charge is 0.120 e. The van der Waals surface area contributed by atoms with Gasteiger partial charge in [0.25, 0.3) is 0 Å². The third kappa shape index (κ3) is 13.5. The highest BCUT2D eigenvalue weighted by atomic mass is 35.5. The van der Waals surface area contributed by atoms with Gasteiger partial charge in [0.2, 0.25) is 0 Å². The number of nitrogens with zero attached hydrogens (tertiary/aromatic N) is 1. The third-order valence-electron chi connectivity index (χ3n) is 4.86. The first-order valence-electron chi connectivity index (χ1n) is 11.4. The maximum Gasteiger partial charge on any atom is 0.120 e. The van der Waals surface area contributed by atoms with Gasteiger partial charge >= 0.3 is 0 Å². The summed E-state index contributed by atoms with van der Waals surface area (Å²) in [6.07, 6.45) is 3.75. The van der Waals surface area contributed by atoms with Gasteiger partial charge in [-0.1, -0.05) is 103 Å². The average molecular weight is 479 g/mol. The molecule has 2 nitrogen and oxygen atoms in total. The van der Waals surface area contributed by atoms with E-state index in [0.717, 1.165) is 34.3 Å². The molecule has 0 saturated heterocycles. The Morgan fingerprint density at radius 3 is 1.97 bits per heavy atom. The highest BCUT2D eigenvalue weighted by Gasteiger charge is 2.07. The SMILES string of the molecule is C=Cc1cc(OCc2c(Cl)cccc2Cl)ccc1C.CC.CCC#N.CCC(C)C(C)C. The van der Waals surface area contributed by atoms with Crippen molar-refractivity contribution in [2.75, 3.05) is 0 Å². The number of hydrogen-bond donors (Lipinski definition) is 0. The fraction of sp³-hybridized carbons (Fsp3) is 0.464. The molecule has 0 aliphatic carbocycles. The van der Waals surface area contributed by atoms with E-state index in [0.29, 0.717) is 23.1 Å². The molecule has 0 bridgehead atoms. The van der Waals surface area contributed by atoms with Crippen molar-refractivity contribution in [3.05, 3.63) is 69.7 Å². The topological polar surface area (TPSA) is 33.0 Å². The minimum absolute atomic E-state index is 0.345. The van der Waals surface area contributed by atoms with E-state index in [1.165, 1.54) is 6.42 Å². The molecule has 2 rings (SSSR count). The van der Waals surface area contributed by atoms with Crippen molar-refractivity contribution in [1.82, 2.24) is 0 Å². The molecule has 0 aliphatic heterocycles. The summed E-state index contributed by atoms with van der Waals surface area (Å²) in [4.78, 5) is 0. The molecule has 0 amide bonds. The van der Waals surface area contributed by atoms with Crippen LogP contribution in [0.25, 0.3) is 6.08 Å². The van der Waals surface area contributed by atoms with Gasteiger partial charge in [-0.2, -0.15) is 5.26 Å². The molecular weight excluding hydrogens is 437 g/mol. The summed E-state index contributed by atoms with van der Waals surface area (Å²) in [6, 6.07) is 13.2. The van der Waals surface area contributed by atoms with Crippen molar-refractivity contribution in [2.45, 2.75) is 74.8 Å². The molecule has 0 heterocycles. The molecular formula is C28H41Cl2NO. The Morgan fingerprint density at radius 2 is 1.59 bits per heavy atom. The van der Waals surface area contributed by atoms with E-state index in [1.807, 2.05) is 64.1 Å². The van der Waals surface area contributed by atoms with Crippen LogP contribution in [-0.4, -0.2) is 0 Å². The molecule has 0 fully saturated rings. The molecule has 0 N–H and O–H groups in total. The molecule has 32 heavy (non-hydrogen) atoms. The second kappa shape index (κ2) is 19.7. The summed E-state index contributed by atoms with van der Waals surface area (Å²) in [5, 5.41) is 8.85. The van der Waals surface area contributed by atoms with Crippen molar-refractivity contribution < 1.29 is 4.74 Å². The van der Waals surface area contributed by atoms with Crippen LogP contribution in [0.3, 0.4) is 0 Å². The zero-order valence-electron chi connectivity index (χ0n) is 21.1. The molecule has 4 heteroatoms. The van der Waals surface area contributed by atoms with Crippen molar-refractivity contribution in [3.8, 4) is 11.8 Å². The Labute approximate surface area is 207 Å². The van der Waals surface area contributed by atoms with Gasteiger partial charge in [0.1, 0.15) is 12.4 Å². The third-order valence-corrected chi connectivity index (χ3v) is 5.56. The number of hydrogen-bond acceptors (Lipinski definition) is 2. The number of ether oxygens (including phenoxy) is 1. The average Bonchev–Trinajstić information content (AvgIpc) is 2.81. The van der Waals surface area contributed by atoms with Crippen molar-refractivity contribution in [3.63, 3.8) is 0 Å². The second-order valence-electron chi connectivity index (χ2n) is 7.35. The monoisotopic (exact) mass is 477 g/mol. The van der Waals surface area contributed by atoms with Crippen molar-refractivity contribution in [1.29, 1.82) is 5.26 Å². The van der Waals surface area contributed by atoms with Gasteiger partial charge in [0, 0.05) is 22.0 Å². The van der Waals surface area contributed by atoms with Crippen molar-refractivity contribution >= 4 is 29.3 Å². The van der Waals surface area contributed by atoms with E-state index >= 15 is 0 Å². The van der Waals surface area contributed by atoms with Gasteiger partial charge in [-0.3, -0.25) is 0 Å². The summed E-state index contributed by atoms with van der Waals surface area (Å²) >= 11 is 12.2. The normalized spacial score (nSPS) is 10.2. The van der Waals surface area contributed by atoms with Gasteiger partial charge in [-0.25, -0.2) is 0 Å². The quantitative estimate of drug-likeness (QED) is 0.414. The fourth-order valence-electron chi connectivity index (χ4n) is 2.23. The lowest BCUT2D eigenvalue weighted by molar-refractivity contribution is 0.306. The highest BCUT2D eigenvalue weighted by Crippen LogP contribution is 2.26. The van der Waals surface area contributed by atoms with E-state index in [9.17, 15) is 0 Å². The van der Waals surface area contributed by atoms with E-state index in [-0.39, 0.29) is 0 Å². The predicted molar refractivity (Wildman–Crippen MR) is 144 cm³/mol. The van der Waals surface area contributed by atoms with Crippen LogP contribution in [0.2, 0.25) is 10.0 Å². The largest absolute Gasteiger partial charge is 0.489 e. The molecule has 1 unspecified atom stereocenters. The van der Waals surface area contributed by atoms with Crippen LogP contribution in [-0.2, 0) is 6.61 Å². The molecule has 0 aromatic heterocycles. The fourth-order valence-corrected chi connectivity index (χ4v) is 2.73. The zero-order chi connectivity index (χ0) is 25.1. The van der Waals surface area contributed by atoms with Crippen LogP contribution in [0.5, 0.6) is 5.75 Å². The molecule has 2 aromatic carbocycles. The van der Waals surface area contributed by atoms with Crippen LogP contribution < -0.4 is 4.74 Å². The van der Waals surface area contributed by atoms with Crippen LogP contribution in [0, 0.1) is 30.1 Å². The molecule has 2 aromatic rings. The molecule has 0 saturated carbocycles. The van der Waals surface area contributed by atoms with E-state index in [1.54, 1.807) is 12.1 Å². The summed E-state index contributed by atoms with van der Waals surface area (Å²) in [6.45, 7) is 21.1. The minimum Gasteiger partial charge on any atom is -0.489 e. The predicted octanol–water partition coefficient (Wildman–Crippen LogP) is 10.2. The number of benzene rings is 2. The van der Waals surface area contributed by atoms with E-state index in [4.69, 9.17) is 33.2 Å².